The third-order valence-electron chi connectivity index (χ3n) is 5.59. The number of hydrogen-bond donors (Lipinski definition) is 2. The van der Waals surface area contributed by atoms with Crippen LogP contribution >= 0.6 is 0 Å². The maximum Gasteiger partial charge on any atom is 0.191 e. The zero-order valence-corrected chi connectivity index (χ0v) is 19.6. The Balaban J connectivity index is 1.53. The molecule has 3 rings (SSSR count). The first-order valence-corrected chi connectivity index (χ1v) is 10.7. The van der Waals surface area contributed by atoms with Gasteiger partial charge in [-0.1, -0.05) is 0 Å². The Labute approximate surface area is 190 Å². The molecule has 2 aromatic rings. The van der Waals surface area contributed by atoms with Crippen LogP contribution in [-0.4, -0.2) is 65.5 Å². The Kier molecular flexibility index (Phi) is 8.44. The first-order chi connectivity index (χ1) is 15.6. The lowest BCUT2D eigenvalue weighted by Crippen LogP contribution is -2.44. The lowest BCUT2D eigenvalue weighted by Gasteiger charge is -2.20. The van der Waals surface area contributed by atoms with Crippen molar-refractivity contribution in [3.05, 3.63) is 47.5 Å². The highest BCUT2D eigenvalue weighted by Crippen LogP contribution is 2.25. The molecule has 1 fully saturated rings. The van der Waals surface area contributed by atoms with Crippen molar-refractivity contribution in [3.63, 3.8) is 0 Å². The van der Waals surface area contributed by atoms with E-state index in [1.54, 1.807) is 35.5 Å². The van der Waals surface area contributed by atoms with Crippen LogP contribution in [0.3, 0.4) is 0 Å². The quantitative estimate of drug-likeness (QED) is 0.457. The Morgan fingerprint density at radius 3 is 2.31 bits per heavy atom. The SMILES string of the molecule is CN=C(NCc1ccc(OC)cc1OC)NC1CCN(Cc2cc(OC)cc(OC)c2)C1. The van der Waals surface area contributed by atoms with Crippen molar-refractivity contribution in [3.8, 4) is 23.0 Å². The van der Waals surface area contributed by atoms with Gasteiger partial charge in [0.05, 0.1) is 28.4 Å². The van der Waals surface area contributed by atoms with Gasteiger partial charge in [0.1, 0.15) is 23.0 Å². The fourth-order valence-corrected chi connectivity index (χ4v) is 3.87. The largest absolute Gasteiger partial charge is 0.497 e. The molecule has 2 aromatic carbocycles. The van der Waals surface area contributed by atoms with E-state index < -0.39 is 0 Å². The second kappa shape index (κ2) is 11.5. The molecule has 0 aliphatic carbocycles. The molecule has 0 spiro atoms. The van der Waals surface area contributed by atoms with E-state index >= 15 is 0 Å². The number of guanidine groups is 1. The third-order valence-corrected chi connectivity index (χ3v) is 5.59. The number of nitrogens with zero attached hydrogens (tertiary/aromatic N) is 2. The Bertz CT molecular complexity index is 897. The maximum atomic E-state index is 5.49. The highest BCUT2D eigenvalue weighted by Gasteiger charge is 2.23. The summed E-state index contributed by atoms with van der Waals surface area (Å²) in [5, 5.41) is 6.93. The van der Waals surface area contributed by atoms with Crippen LogP contribution < -0.4 is 29.6 Å². The van der Waals surface area contributed by atoms with Gasteiger partial charge >= 0.3 is 0 Å². The Hall–Kier alpha value is -3.13. The average molecular weight is 443 g/mol. The van der Waals surface area contributed by atoms with Crippen molar-refractivity contribution in [2.24, 2.45) is 4.99 Å². The van der Waals surface area contributed by atoms with Crippen molar-refractivity contribution in [1.29, 1.82) is 0 Å². The first-order valence-electron chi connectivity index (χ1n) is 10.7. The molecular formula is C24H34N4O4. The summed E-state index contributed by atoms with van der Waals surface area (Å²) in [5.74, 6) is 3.96. The molecule has 0 saturated carbocycles. The van der Waals surface area contributed by atoms with Gasteiger partial charge < -0.3 is 29.6 Å². The summed E-state index contributed by atoms with van der Waals surface area (Å²) in [4.78, 5) is 6.81. The van der Waals surface area contributed by atoms with Crippen molar-refractivity contribution in [2.45, 2.75) is 25.6 Å². The Morgan fingerprint density at radius 2 is 1.69 bits per heavy atom. The molecule has 1 atom stereocenters. The van der Waals surface area contributed by atoms with Crippen LogP contribution in [0.25, 0.3) is 0 Å². The molecule has 1 heterocycles. The second-order valence-corrected chi connectivity index (χ2v) is 7.69. The van der Waals surface area contributed by atoms with Gasteiger partial charge in [-0.2, -0.15) is 0 Å². The molecule has 1 saturated heterocycles. The molecule has 0 aromatic heterocycles. The monoisotopic (exact) mass is 442 g/mol. The van der Waals surface area contributed by atoms with Gasteiger partial charge in [-0.3, -0.25) is 9.89 Å². The number of hydrogen-bond acceptors (Lipinski definition) is 6. The molecule has 8 nitrogen and oxygen atoms in total. The van der Waals surface area contributed by atoms with E-state index in [2.05, 4.69) is 32.7 Å². The number of nitrogens with one attached hydrogen (secondary N) is 2. The minimum Gasteiger partial charge on any atom is -0.497 e. The standard InChI is InChI=1S/C24H34N4O4/c1-25-24(26-14-18-6-7-20(29-2)13-23(18)32-5)27-19-8-9-28(16-19)15-17-10-21(30-3)12-22(11-17)31-4/h6-7,10-13,19H,8-9,14-16H2,1-5H3,(H2,25,26,27). The molecule has 1 unspecified atom stereocenters. The summed E-state index contributed by atoms with van der Waals surface area (Å²) >= 11 is 0. The smallest absolute Gasteiger partial charge is 0.191 e. The highest BCUT2D eigenvalue weighted by atomic mass is 16.5. The molecule has 1 aliphatic rings. The summed E-state index contributed by atoms with van der Waals surface area (Å²) < 4.78 is 21.5. The maximum absolute atomic E-state index is 5.49. The zero-order chi connectivity index (χ0) is 22.9. The first kappa shape index (κ1) is 23.5. The van der Waals surface area contributed by atoms with Gasteiger partial charge in [-0.15, -0.1) is 0 Å². The molecular weight excluding hydrogens is 408 g/mol. The van der Waals surface area contributed by atoms with E-state index in [1.807, 2.05) is 24.3 Å². The van der Waals surface area contributed by atoms with Gasteiger partial charge in [0.15, 0.2) is 5.96 Å². The van der Waals surface area contributed by atoms with Crippen LogP contribution in [0.5, 0.6) is 23.0 Å². The summed E-state index contributed by atoms with van der Waals surface area (Å²) in [6.45, 7) is 3.40. The van der Waals surface area contributed by atoms with Crippen molar-refractivity contribution in [1.82, 2.24) is 15.5 Å². The number of rotatable bonds is 9. The van der Waals surface area contributed by atoms with E-state index in [4.69, 9.17) is 18.9 Å². The Morgan fingerprint density at radius 1 is 0.969 bits per heavy atom. The van der Waals surface area contributed by atoms with Crippen LogP contribution in [0.15, 0.2) is 41.4 Å². The molecule has 2 N–H and O–H groups in total. The molecule has 0 amide bonds. The van der Waals surface area contributed by atoms with Gasteiger partial charge in [-0.05, 0) is 36.2 Å². The number of aliphatic imine (C=N–C) groups is 1. The summed E-state index contributed by atoms with van der Waals surface area (Å²) in [7, 11) is 8.45. The molecule has 0 bridgehead atoms. The summed E-state index contributed by atoms with van der Waals surface area (Å²) in [6.07, 6.45) is 1.05. The number of ether oxygens (including phenoxy) is 4. The molecule has 0 radical (unpaired) electrons. The number of methoxy groups -OCH3 is 4. The van der Waals surface area contributed by atoms with E-state index in [0.717, 1.165) is 60.6 Å². The van der Waals surface area contributed by atoms with Crippen LogP contribution in [0.1, 0.15) is 17.5 Å². The van der Waals surface area contributed by atoms with Crippen molar-refractivity contribution in [2.75, 3.05) is 48.6 Å². The number of likely N-dealkylation sites (tertiary alicyclic amines) is 1. The number of benzene rings is 2. The summed E-state index contributed by atoms with van der Waals surface area (Å²) in [6, 6.07) is 12.2. The average Bonchev–Trinajstić information content (AvgIpc) is 3.27. The minimum atomic E-state index is 0.325. The van der Waals surface area contributed by atoms with Gasteiger partial charge in [-0.25, -0.2) is 0 Å². The van der Waals surface area contributed by atoms with Gasteiger partial charge in [0.2, 0.25) is 0 Å². The zero-order valence-electron chi connectivity index (χ0n) is 19.6. The van der Waals surface area contributed by atoms with E-state index in [0.29, 0.717) is 12.6 Å². The highest BCUT2D eigenvalue weighted by molar-refractivity contribution is 5.80. The fourth-order valence-electron chi connectivity index (χ4n) is 3.87. The molecule has 32 heavy (non-hydrogen) atoms. The fraction of sp³-hybridized carbons (Fsp3) is 0.458. The van der Waals surface area contributed by atoms with E-state index in [-0.39, 0.29) is 0 Å². The summed E-state index contributed by atoms with van der Waals surface area (Å²) in [5.41, 5.74) is 2.22. The van der Waals surface area contributed by atoms with E-state index in [9.17, 15) is 0 Å². The van der Waals surface area contributed by atoms with Gasteiger partial charge in [0, 0.05) is 57.0 Å². The van der Waals surface area contributed by atoms with E-state index in [1.165, 1.54) is 5.56 Å². The topological polar surface area (TPSA) is 76.6 Å². The lowest BCUT2D eigenvalue weighted by atomic mass is 10.2. The predicted octanol–water partition coefficient (Wildman–Crippen LogP) is 2.66. The van der Waals surface area contributed by atoms with Crippen molar-refractivity contribution >= 4 is 5.96 Å². The van der Waals surface area contributed by atoms with Crippen LogP contribution in [0, 0.1) is 0 Å². The molecule has 174 valence electrons. The van der Waals surface area contributed by atoms with Gasteiger partial charge in [0.25, 0.3) is 0 Å². The van der Waals surface area contributed by atoms with Crippen LogP contribution in [0.2, 0.25) is 0 Å². The third kappa shape index (κ3) is 6.20. The normalized spacial score (nSPS) is 16.5. The predicted molar refractivity (Wildman–Crippen MR) is 126 cm³/mol. The minimum absolute atomic E-state index is 0.325. The molecule has 8 heteroatoms. The second-order valence-electron chi connectivity index (χ2n) is 7.69. The molecule has 1 aliphatic heterocycles. The van der Waals surface area contributed by atoms with Crippen molar-refractivity contribution < 1.29 is 18.9 Å². The lowest BCUT2D eigenvalue weighted by molar-refractivity contribution is 0.321. The van der Waals surface area contributed by atoms with Crippen LogP contribution in [-0.2, 0) is 13.1 Å². The van der Waals surface area contributed by atoms with Crippen LogP contribution in [0.4, 0.5) is 0 Å².